The van der Waals surface area contributed by atoms with Crippen molar-refractivity contribution in [2.24, 2.45) is 5.92 Å². The van der Waals surface area contributed by atoms with Gasteiger partial charge in [0.15, 0.2) is 0 Å². The Morgan fingerprint density at radius 2 is 1.88 bits per heavy atom. The fraction of sp³-hybridized carbons (Fsp3) is 0.263. The quantitative estimate of drug-likeness (QED) is 0.918. The van der Waals surface area contributed by atoms with Crippen LogP contribution in [-0.4, -0.2) is 18.4 Å². The molecular weight excluding hydrogens is 324 g/mol. The number of rotatable bonds is 3. The Labute approximate surface area is 146 Å². The average molecular weight is 343 g/mol. The highest BCUT2D eigenvalue weighted by atomic mass is 35.5. The lowest BCUT2D eigenvalue weighted by molar-refractivity contribution is -0.122. The highest BCUT2D eigenvalue weighted by Gasteiger charge is 2.35. The van der Waals surface area contributed by atoms with Crippen molar-refractivity contribution in [2.75, 3.05) is 16.8 Å². The Hall–Kier alpha value is -2.33. The maximum Gasteiger partial charge on any atom is 0.229 e. The van der Waals surface area contributed by atoms with Gasteiger partial charge in [0.25, 0.3) is 0 Å². The Morgan fingerprint density at radius 1 is 1.17 bits per heavy atom. The molecule has 1 atom stereocenters. The number of hydrogen-bond donors (Lipinski definition) is 1. The zero-order valence-corrected chi connectivity index (χ0v) is 14.4. The second-order valence-corrected chi connectivity index (χ2v) is 6.69. The van der Waals surface area contributed by atoms with Gasteiger partial charge in [0.1, 0.15) is 0 Å². The summed E-state index contributed by atoms with van der Waals surface area (Å²) in [6, 6.07) is 13.0. The molecule has 2 aromatic rings. The molecule has 0 aromatic heterocycles. The predicted octanol–water partition coefficient (Wildman–Crippen LogP) is 3.95. The Kier molecular flexibility index (Phi) is 4.58. The summed E-state index contributed by atoms with van der Waals surface area (Å²) in [5.41, 5.74) is 3.68. The van der Waals surface area contributed by atoms with Crippen LogP contribution in [0.15, 0.2) is 42.5 Å². The summed E-state index contributed by atoms with van der Waals surface area (Å²) < 4.78 is 0. The molecule has 1 heterocycles. The van der Waals surface area contributed by atoms with Gasteiger partial charge in [-0.1, -0.05) is 23.7 Å². The van der Waals surface area contributed by atoms with Crippen LogP contribution in [0.3, 0.4) is 0 Å². The van der Waals surface area contributed by atoms with E-state index in [1.807, 2.05) is 32.0 Å². The number of carbonyl (C=O) groups excluding carboxylic acids is 2. The molecular formula is C19H19ClN2O2. The van der Waals surface area contributed by atoms with E-state index in [2.05, 4.69) is 11.4 Å². The van der Waals surface area contributed by atoms with Crippen LogP contribution in [0.1, 0.15) is 17.5 Å². The third-order valence-electron chi connectivity index (χ3n) is 4.10. The van der Waals surface area contributed by atoms with Crippen LogP contribution in [-0.2, 0) is 9.59 Å². The molecule has 1 fully saturated rings. The molecule has 0 bridgehead atoms. The number of nitrogens with one attached hydrogen (secondary N) is 1. The summed E-state index contributed by atoms with van der Waals surface area (Å²) in [5, 5.41) is 3.50. The van der Waals surface area contributed by atoms with E-state index in [-0.39, 0.29) is 24.2 Å². The molecule has 124 valence electrons. The van der Waals surface area contributed by atoms with Crippen LogP contribution in [0.5, 0.6) is 0 Å². The third-order valence-corrected chi connectivity index (χ3v) is 4.34. The van der Waals surface area contributed by atoms with Gasteiger partial charge in [-0.3, -0.25) is 9.59 Å². The van der Waals surface area contributed by atoms with Crippen molar-refractivity contribution in [2.45, 2.75) is 20.3 Å². The highest BCUT2D eigenvalue weighted by molar-refractivity contribution is 6.31. The summed E-state index contributed by atoms with van der Waals surface area (Å²) in [6.07, 6.45) is 0.211. The van der Waals surface area contributed by atoms with Gasteiger partial charge in [0.2, 0.25) is 11.8 Å². The topological polar surface area (TPSA) is 49.4 Å². The monoisotopic (exact) mass is 342 g/mol. The van der Waals surface area contributed by atoms with Crippen LogP contribution in [0, 0.1) is 19.8 Å². The Balaban J connectivity index is 1.72. The summed E-state index contributed by atoms with van der Waals surface area (Å²) in [5.74, 6) is -0.548. The van der Waals surface area contributed by atoms with E-state index in [0.717, 1.165) is 22.5 Å². The minimum Gasteiger partial charge on any atom is -0.326 e. The first kappa shape index (κ1) is 16.5. The second kappa shape index (κ2) is 6.65. The zero-order valence-electron chi connectivity index (χ0n) is 13.7. The van der Waals surface area contributed by atoms with E-state index in [9.17, 15) is 9.59 Å². The van der Waals surface area contributed by atoms with E-state index >= 15 is 0 Å². The van der Waals surface area contributed by atoms with Gasteiger partial charge < -0.3 is 10.2 Å². The lowest BCUT2D eigenvalue weighted by Crippen LogP contribution is -2.28. The number of hydrogen-bond acceptors (Lipinski definition) is 2. The lowest BCUT2D eigenvalue weighted by Gasteiger charge is -2.17. The number of anilines is 2. The summed E-state index contributed by atoms with van der Waals surface area (Å²) in [6.45, 7) is 4.35. The van der Waals surface area contributed by atoms with Gasteiger partial charge in [-0.05, 0) is 55.3 Å². The normalized spacial score (nSPS) is 17.2. The number of nitrogens with zero attached hydrogens (tertiary/aromatic N) is 1. The van der Waals surface area contributed by atoms with Crippen LogP contribution in [0.25, 0.3) is 0 Å². The molecule has 5 heteroatoms. The standard InChI is InChI=1S/C19H19ClN2O2/c1-12-6-13(2)8-16(7-12)21-19(24)14-9-18(23)22(11-14)17-5-3-4-15(20)10-17/h3-8,10,14H,9,11H2,1-2H3,(H,21,24)/t14-/m0/s1. The van der Waals surface area contributed by atoms with Crippen molar-refractivity contribution in [3.8, 4) is 0 Å². The van der Waals surface area contributed by atoms with Gasteiger partial charge in [-0.25, -0.2) is 0 Å². The first-order chi connectivity index (χ1) is 11.4. The third kappa shape index (κ3) is 3.60. The summed E-state index contributed by atoms with van der Waals surface area (Å²) in [4.78, 5) is 26.4. The molecule has 0 radical (unpaired) electrons. The van der Waals surface area contributed by atoms with E-state index in [4.69, 9.17) is 11.6 Å². The number of amides is 2. The van der Waals surface area contributed by atoms with Crippen molar-refractivity contribution in [3.05, 3.63) is 58.6 Å². The smallest absolute Gasteiger partial charge is 0.229 e. The molecule has 2 aromatic carbocycles. The first-order valence-corrected chi connectivity index (χ1v) is 8.25. The predicted molar refractivity (Wildman–Crippen MR) is 96.5 cm³/mol. The van der Waals surface area contributed by atoms with Crippen molar-refractivity contribution in [3.63, 3.8) is 0 Å². The second-order valence-electron chi connectivity index (χ2n) is 6.25. The molecule has 3 rings (SSSR count). The molecule has 0 unspecified atom stereocenters. The molecule has 2 amide bonds. The van der Waals surface area contributed by atoms with Crippen molar-refractivity contribution >= 4 is 34.8 Å². The van der Waals surface area contributed by atoms with Crippen LogP contribution < -0.4 is 10.2 Å². The highest BCUT2D eigenvalue weighted by Crippen LogP contribution is 2.28. The van der Waals surface area contributed by atoms with Gasteiger partial charge in [0, 0.05) is 29.4 Å². The maximum atomic E-state index is 12.5. The van der Waals surface area contributed by atoms with E-state index in [1.54, 1.807) is 23.1 Å². The van der Waals surface area contributed by atoms with Crippen molar-refractivity contribution in [1.82, 2.24) is 0 Å². The molecule has 0 saturated carbocycles. The van der Waals surface area contributed by atoms with Crippen molar-refractivity contribution in [1.29, 1.82) is 0 Å². The number of aryl methyl sites for hydroxylation is 2. The summed E-state index contributed by atoms with van der Waals surface area (Å²) in [7, 11) is 0. The fourth-order valence-corrected chi connectivity index (χ4v) is 3.25. The zero-order chi connectivity index (χ0) is 17.3. The summed E-state index contributed by atoms with van der Waals surface area (Å²) >= 11 is 5.99. The number of benzene rings is 2. The van der Waals surface area contributed by atoms with Gasteiger partial charge in [-0.15, -0.1) is 0 Å². The fourth-order valence-electron chi connectivity index (χ4n) is 3.07. The van der Waals surface area contributed by atoms with Crippen molar-refractivity contribution < 1.29 is 9.59 Å². The lowest BCUT2D eigenvalue weighted by atomic mass is 10.1. The largest absolute Gasteiger partial charge is 0.326 e. The minimum absolute atomic E-state index is 0.0576. The molecule has 1 aliphatic heterocycles. The minimum atomic E-state index is -0.364. The Bertz CT molecular complexity index is 783. The SMILES string of the molecule is Cc1cc(C)cc(NC(=O)[C@H]2CC(=O)N(c3cccc(Cl)c3)C2)c1. The molecule has 1 saturated heterocycles. The average Bonchev–Trinajstić information content (AvgIpc) is 2.88. The molecule has 0 aliphatic carbocycles. The Morgan fingerprint density at radius 3 is 2.54 bits per heavy atom. The molecule has 0 spiro atoms. The van der Waals surface area contributed by atoms with E-state index < -0.39 is 0 Å². The van der Waals surface area contributed by atoms with E-state index in [1.165, 1.54) is 0 Å². The molecule has 24 heavy (non-hydrogen) atoms. The maximum absolute atomic E-state index is 12.5. The van der Waals surface area contributed by atoms with E-state index in [0.29, 0.717) is 11.6 Å². The van der Waals surface area contributed by atoms with Crippen LogP contribution in [0.4, 0.5) is 11.4 Å². The van der Waals surface area contributed by atoms with Gasteiger partial charge in [-0.2, -0.15) is 0 Å². The van der Waals surface area contributed by atoms with Crippen LogP contribution >= 0.6 is 11.6 Å². The molecule has 1 N–H and O–H groups in total. The molecule has 4 nitrogen and oxygen atoms in total. The number of carbonyl (C=O) groups is 2. The van der Waals surface area contributed by atoms with Gasteiger partial charge in [0.05, 0.1) is 5.92 Å². The first-order valence-electron chi connectivity index (χ1n) is 7.87. The van der Waals surface area contributed by atoms with Crippen LogP contribution in [0.2, 0.25) is 5.02 Å². The number of halogens is 1. The van der Waals surface area contributed by atoms with Gasteiger partial charge >= 0.3 is 0 Å². The molecule has 1 aliphatic rings.